The Morgan fingerprint density at radius 3 is 2.67 bits per heavy atom. The Morgan fingerprint density at radius 1 is 1.00 bits per heavy atom. The smallest absolute Gasteiger partial charge is 0.0135 e. The second-order valence-electron chi connectivity index (χ2n) is 4.06. The van der Waals surface area contributed by atoms with E-state index in [1.807, 2.05) is 0 Å². The molecule has 0 amide bonds. The van der Waals surface area contributed by atoms with Crippen LogP contribution in [-0.2, 0) is 0 Å². The van der Waals surface area contributed by atoms with Crippen molar-refractivity contribution in [3.63, 3.8) is 0 Å². The molecule has 0 radical (unpaired) electrons. The van der Waals surface area contributed by atoms with E-state index in [2.05, 4.69) is 22.8 Å². The van der Waals surface area contributed by atoms with Crippen LogP contribution in [0.15, 0.2) is 12.2 Å². The van der Waals surface area contributed by atoms with E-state index >= 15 is 0 Å². The molecule has 0 aliphatic carbocycles. The Bertz CT molecular complexity index is 169. The average molecular weight is 166 g/mol. The van der Waals surface area contributed by atoms with Gasteiger partial charge >= 0.3 is 0 Å². The van der Waals surface area contributed by atoms with Gasteiger partial charge in [0.2, 0.25) is 0 Å². The molecule has 0 aromatic heterocycles. The lowest BCUT2D eigenvalue weighted by molar-refractivity contribution is 0.202. The predicted molar refractivity (Wildman–Crippen MR) is 51.2 cm³/mol. The maximum atomic E-state index is 3.49. The van der Waals surface area contributed by atoms with E-state index in [9.17, 15) is 0 Å². The van der Waals surface area contributed by atoms with Crippen molar-refractivity contribution >= 4 is 0 Å². The van der Waals surface area contributed by atoms with Crippen LogP contribution in [0.2, 0.25) is 0 Å². The predicted octanol–water partition coefficient (Wildman–Crippen LogP) is 0.906. The average Bonchev–Trinajstić information content (AvgIpc) is 2.33. The molecule has 68 valence electrons. The van der Waals surface area contributed by atoms with Gasteiger partial charge in [-0.05, 0) is 37.8 Å². The molecular weight excluding hydrogens is 148 g/mol. The molecule has 0 bridgehead atoms. The quantitative estimate of drug-likeness (QED) is 0.523. The molecule has 1 saturated heterocycles. The summed E-state index contributed by atoms with van der Waals surface area (Å²) in [7, 11) is 0. The normalized spacial score (nSPS) is 28.7. The highest BCUT2D eigenvalue weighted by Gasteiger charge is 2.30. The second kappa shape index (κ2) is 3.58. The van der Waals surface area contributed by atoms with Crippen molar-refractivity contribution in [3.05, 3.63) is 12.2 Å². The van der Waals surface area contributed by atoms with Crippen molar-refractivity contribution < 1.29 is 0 Å². The highest BCUT2D eigenvalue weighted by atomic mass is 14.9. The first-order valence-electron chi connectivity index (χ1n) is 4.98. The number of hydrogen-bond donors (Lipinski definition) is 2. The fourth-order valence-corrected chi connectivity index (χ4v) is 2.25. The van der Waals surface area contributed by atoms with Gasteiger partial charge < -0.3 is 10.6 Å². The summed E-state index contributed by atoms with van der Waals surface area (Å²) in [5, 5.41) is 6.92. The van der Waals surface area contributed by atoms with Gasteiger partial charge in [0.05, 0.1) is 0 Å². The molecule has 0 unspecified atom stereocenters. The molecule has 1 fully saturated rings. The summed E-state index contributed by atoms with van der Waals surface area (Å²) in [5.41, 5.74) is 0.582. The van der Waals surface area contributed by atoms with Gasteiger partial charge in [-0.3, -0.25) is 0 Å². The molecule has 2 heteroatoms. The fraction of sp³-hybridized carbons (Fsp3) is 0.800. The van der Waals surface area contributed by atoms with E-state index in [-0.39, 0.29) is 0 Å². The van der Waals surface area contributed by atoms with Crippen LogP contribution < -0.4 is 10.6 Å². The fourth-order valence-electron chi connectivity index (χ4n) is 2.25. The van der Waals surface area contributed by atoms with Gasteiger partial charge in [-0.25, -0.2) is 0 Å². The number of rotatable bonds is 0. The maximum absolute atomic E-state index is 3.49. The Hall–Kier alpha value is -0.340. The molecule has 2 aliphatic rings. The van der Waals surface area contributed by atoms with E-state index in [0.29, 0.717) is 5.41 Å². The molecular formula is C10H18N2. The third-order valence-electron chi connectivity index (χ3n) is 3.14. The van der Waals surface area contributed by atoms with Crippen molar-refractivity contribution in [2.75, 3.05) is 26.2 Å². The van der Waals surface area contributed by atoms with Gasteiger partial charge in [-0.2, -0.15) is 0 Å². The summed E-state index contributed by atoms with van der Waals surface area (Å²) in [4.78, 5) is 0. The van der Waals surface area contributed by atoms with Crippen LogP contribution in [0.25, 0.3) is 0 Å². The lowest BCUT2D eigenvalue weighted by Gasteiger charge is -2.36. The molecule has 0 aromatic carbocycles. The Balaban J connectivity index is 2.01. The van der Waals surface area contributed by atoms with Crippen molar-refractivity contribution in [1.82, 2.24) is 10.6 Å². The van der Waals surface area contributed by atoms with Crippen molar-refractivity contribution in [2.45, 2.75) is 19.3 Å². The summed E-state index contributed by atoms with van der Waals surface area (Å²) in [6.07, 6.45) is 8.57. The molecule has 2 rings (SSSR count). The summed E-state index contributed by atoms with van der Waals surface area (Å²) in [5.74, 6) is 0. The Labute approximate surface area is 74.4 Å². The summed E-state index contributed by atoms with van der Waals surface area (Å²) >= 11 is 0. The Morgan fingerprint density at radius 2 is 1.83 bits per heavy atom. The molecule has 1 spiro atoms. The third kappa shape index (κ3) is 1.70. The highest BCUT2D eigenvalue weighted by molar-refractivity contribution is 4.98. The van der Waals surface area contributed by atoms with Gasteiger partial charge in [0.1, 0.15) is 0 Å². The van der Waals surface area contributed by atoms with E-state index in [4.69, 9.17) is 0 Å². The topological polar surface area (TPSA) is 24.1 Å². The van der Waals surface area contributed by atoms with Crippen molar-refractivity contribution in [2.24, 2.45) is 5.41 Å². The van der Waals surface area contributed by atoms with E-state index < -0.39 is 0 Å². The zero-order valence-corrected chi connectivity index (χ0v) is 7.60. The van der Waals surface area contributed by atoms with Crippen LogP contribution in [0.4, 0.5) is 0 Å². The van der Waals surface area contributed by atoms with Crippen LogP contribution in [0.5, 0.6) is 0 Å². The SMILES string of the molecule is C1=CCC2(CCNCC2)CNC1. The molecule has 12 heavy (non-hydrogen) atoms. The number of nitrogens with one attached hydrogen (secondary N) is 2. The number of piperidine rings is 1. The first-order valence-corrected chi connectivity index (χ1v) is 4.98. The van der Waals surface area contributed by atoms with Gasteiger partial charge in [-0.15, -0.1) is 0 Å². The molecule has 0 atom stereocenters. The molecule has 2 N–H and O–H groups in total. The zero-order valence-electron chi connectivity index (χ0n) is 7.60. The minimum Gasteiger partial charge on any atom is -0.317 e. The summed E-state index contributed by atoms with van der Waals surface area (Å²) in [6.45, 7) is 4.68. The van der Waals surface area contributed by atoms with Crippen LogP contribution in [0.1, 0.15) is 19.3 Å². The maximum Gasteiger partial charge on any atom is 0.0135 e. The largest absolute Gasteiger partial charge is 0.317 e. The van der Waals surface area contributed by atoms with Crippen LogP contribution in [0, 0.1) is 5.41 Å². The van der Waals surface area contributed by atoms with Gasteiger partial charge in [-0.1, -0.05) is 12.2 Å². The van der Waals surface area contributed by atoms with Crippen molar-refractivity contribution in [1.29, 1.82) is 0 Å². The lowest BCUT2D eigenvalue weighted by Crippen LogP contribution is -2.42. The third-order valence-corrected chi connectivity index (χ3v) is 3.14. The summed E-state index contributed by atoms with van der Waals surface area (Å²) in [6, 6.07) is 0. The van der Waals surface area contributed by atoms with E-state index in [1.165, 1.54) is 38.9 Å². The first kappa shape index (κ1) is 8.27. The molecule has 2 aliphatic heterocycles. The van der Waals surface area contributed by atoms with Gasteiger partial charge in [0.15, 0.2) is 0 Å². The zero-order chi connectivity index (χ0) is 8.28. The molecule has 0 aromatic rings. The standard InChI is InChI=1S/C10H18N2/c1-2-6-12-9-10(3-1)4-7-11-8-5-10/h1-2,11-12H,3-9H2. The molecule has 2 nitrogen and oxygen atoms in total. The van der Waals surface area contributed by atoms with E-state index in [0.717, 1.165) is 6.54 Å². The van der Waals surface area contributed by atoms with Gasteiger partial charge in [0, 0.05) is 13.1 Å². The highest BCUT2D eigenvalue weighted by Crippen LogP contribution is 2.33. The molecule has 2 heterocycles. The Kier molecular flexibility index (Phi) is 2.47. The van der Waals surface area contributed by atoms with Crippen LogP contribution >= 0.6 is 0 Å². The first-order chi connectivity index (χ1) is 5.91. The van der Waals surface area contributed by atoms with Gasteiger partial charge in [0.25, 0.3) is 0 Å². The number of hydrogen-bond acceptors (Lipinski definition) is 2. The lowest BCUT2D eigenvalue weighted by atomic mass is 9.76. The number of allylic oxidation sites excluding steroid dienone is 1. The second-order valence-corrected chi connectivity index (χ2v) is 4.06. The monoisotopic (exact) mass is 166 g/mol. The van der Waals surface area contributed by atoms with Crippen LogP contribution in [0.3, 0.4) is 0 Å². The van der Waals surface area contributed by atoms with Crippen LogP contribution in [-0.4, -0.2) is 26.2 Å². The minimum atomic E-state index is 0.582. The minimum absolute atomic E-state index is 0.582. The van der Waals surface area contributed by atoms with Crippen molar-refractivity contribution in [3.8, 4) is 0 Å². The van der Waals surface area contributed by atoms with E-state index in [1.54, 1.807) is 0 Å². The summed E-state index contributed by atoms with van der Waals surface area (Å²) < 4.78 is 0. The molecule has 0 saturated carbocycles.